The van der Waals surface area contributed by atoms with E-state index in [1.807, 2.05) is 0 Å². The Morgan fingerprint density at radius 1 is 1.14 bits per heavy atom. The minimum atomic E-state index is -0.561. The summed E-state index contributed by atoms with van der Waals surface area (Å²) < 4.78 is 31.4. The van der Waals surface area contributed by atoms with Gasteiger partial charge in [0.25, 0.3) is 0 Å². The molecule has 2 aromatic carbocycles. The van der Waals surface area contributed by atoms with Crippen LogP contribution in [0.2, 0.25) is 0 Å². The van der Waals surface area contributed by atoms with Gasteiger partial charge in [0, 0.05) is 18.3 Å². The lowest BCUT2D eigenvalue weighted by atomic mass is 10.1. The van der Waals surface area contributed by atoms with Crippen molar-refractivity contribution in [1.29, 1.82) is 0 Å². The van der Waals surface area contributed by atoms with Crippen LogP contribution in [-0.4, -0.2) is 13.1 Å². The lowest BCUT2D eigenvalue weighted by Gasteiger charge is -2.09. The number of halogens is 2. The molecule has 0 saturated heterocycles. The van der Waals surface area contributed by atoms with Crippen LogP contribution in [0.25, 0.3) is 0 Å². The lowest BCUT2D eigenvalue weighted by Crippen LogP contribution is -2.28. The second kappa shape index (κ2) is 6.89. The number of rotatable bonds is 4. The third-order valence-corrected chi connectivity index (χ3v) is 3.09. The Balaban J connectivity index is 1.92. The Kier molecular flexibility index (Phi) is 4.93. The molecule has 2 amide bonds. The average Bonchev–Trinajstić information content (AvgIpc) is 2.49. The summed E-state index contributed by atoms with van der Waals surface area (Å²) in [5.41, 5.74) is 1.60. The molecule has 4 nitrogen and oxygen atoms in total. The molecule has 0 aliphatic heterocycles. The summed E-state index contributed by atoms with van der Waals surface area (Å²) in [5.74, 6) is -0.746. The van der Waals surface area contributed by atoms with Crippen LogP contribution in [0.4, 0.5) is 19.3 Å². The molecule has 6 heteroatoms. The van der Waals surface area contributed by atoms with Crippen molar-refractivity contribution < 1.29 is 18.3 Å². The van der Waals surface area contributed by atoms with Crippen LogP contribution in [-0.2, 0) is 6.54 Å². The number of anilines is 1. The molecule has 0 radical (unpaired) electrons. The maximum absolute atomic E-state index is 13.5. The van der Waals surface area contributed by atoms with Gasteiger partial charge in [-0.2, -0.15) is 0 Å². The first-order valence-electron chi connectivity index (χ1n) is 6.63. The molecular formula is C16H16F2N2O2. The predicted molar refractivity (Wildman–Crippen MR) is 79.9 cm³/mol. The predicted octanol–water partition coefficient (Wildman–Crippen LogP) is 3.60. The summed E-state index contributed by atoms with van der Waals surface area (Å²) in [6.07, 6.45) is 0. The summed E-state index contributed by atoms with van der Waals surface area (Å²) in [7, 11) is 1.36. The van der Waals surface area contributed by atoms with E-state index in [2.05, 4.69) is 10.6 Å². The number of aryl methyl sites for hydroxylation is 1. The van der Waals surface area contributed by atoms with Gasteiger partial charge in [-0.25, -0.2) is 13.6 Å². The fourth-order valence-electron chi connectivity index (χ4n) is 1.92. The van der Waals surface area contributed by atoms with Crippen LogP contribution in [0.5, 0.6) is 5.75 Å². The monoisotopic (exact) mass is 306 g/mol. The number of nitrogens with one attached hydrogen (secondary N) is 2. The average molecular weight is 306 g/mol. The highest BCUT2D eigenvalue weighted by Crippen LogP contribution is 2.20. The molecule has 0 saturated carbocycles. The lowest BCUT2D eigenvalue weighted by molar-refractivity contribution is 0.251. The van der Waals surface area contributed by atoms with Gasteiger partial charge in [0.2, 0.25) is 0 Å². The molecule has 2 rings (SSSR count). The van der Waals surface area contributed by atoms with Crippen molar-refractivity contribution in [2.24, 2.45) is 0 Å². The number of carbonyl (C=O) groups excluding carboxylic acids is 1. The normalized spacial score (nSPS) is 10.2. The van der Waals surface area contributed by atoms with Crippen LogP contribution in [0.15, 0.2) is 36.4 Å². The molecule has 0 aliphatic rings. The van der Waals surface area contributed by atoms with E-state index in [0.29, 0.717) is 11.3 Å². The van der Waals surface area contributed by atoms with Crippen molar-refractivity contribution in [2.45, 2.75) is 13.5 Å². The van der Waals surface area contributed by atoms with E-state index in [-0.39, 0.29) is 18.1 Å². The molecule has 0 aromatic heterocycles. The second-order valence-corrected chi connectivity index (χ2v) is 4.74. The van der Waals surface area contributed by atoms with Crippen molar-refractivity contribution in [3.05, 3.63) is 59.2 Å². The summed E-state index contributed by atoms with van der Waals surface area (Å²) in [6, 6.07) is 8.24. The van der Waals surface area contributed by atoms with E-state index in [1.54, 1.807) is 19.1 Å². The molecule has 0 aliphatic carbocycles. The number of ether oxygens (including phenoxy) is 1. The highest BCUT2D eigenvalue weighted by Gasteiger charge is 2.07. The Morgan fingerprint density at radius 3 is 2.55 bits per heavy atom. The van der Waals surface area contributed by atoms with E-state index in [0.717, 1.165) is 5.56 Å². The Labute approximate surface area is 127 Å². The van der Waals surface area contributed by atoms with Crippen LogP contribution in [0.3, 0.4) is 0 Å². The van der Waals surface area contributed by atoms with Gasteiger partial charge in [-0.05, 0) is 36.2 Å². The van der Waals surface area contributed by atoms with Gasteiger partial charge in [-0.3, -0.25) is 0 Å². The molecule has 0 spiro atoms. The van der Waals surface area contributed by atoms with E-state index in [1.165, 1.54) is 31.4 Å². The van der Waals surface area contributed by atoms with Gasteiger partial charge in [-0.15, -0.1) is 0 Å². The zero-order chi connectivity index (χ0) is 16.1. The quantitative estimate of drug-likeness (QED) is 0.906. The molecular weight excluding hydrogens is 290 g/mol. The second-order valence-electron chi connectivity index (χ2n) is 4.74. The van der Waals surface area contributed by atoms with E-state index in [9.17, 15) is 13.6 Å². The molecule has 2 N–H and O–H groups in total. The largest absolute Gasteiger partial charge is 0.494 e. The molecule has 0 atom stereocenters. The van der Waals surface area contributed by atoms with Crippen molar-refractivity contribution in [2.75, 3.05) is 12.4 Å². The third kappa shape index (κ3) is 3.94. The third-order valence-electron chi connectivity index (χ3n) is 3.09. The smallest absolute Gasteiger partial charge is 0.319 e. The first kappa shape index (κ1) is 15.8. The van der Waals surface area contributed by atoms with Crippen LogP contribution >= 0.6 is 0 Å². The molecule has 0 fully saturated rings. The van der Waals surface area contributed by atoms with Crippen molar-refractivity contribution in [3.8, 4) is 5.75 Å². The van der Waals surface area contributed by atoms with E-state index in [4.69, 9.17) is 4.74 Å². The van der Waals surface area contributed by atoms with E-state index >= 15 is 0 Å². The van der Waals surface area contributed by atoms with Gasteiger partial charge >= 0.3 is 6.03 Å². The fourth-order valence-corrected chi connectivity index (χ4v) is 1.92. The summed E-state index contributed by atoms with van der Waals surface area (Å²) >= 11 is 0. The van der Waals surface area contributed by atoms with E-state index < -0.39 is 11.8 Å². The highest BCUT2D eigenvalue weighted by atomic mass is 19.1. The molecule has 0 unspecified atom stereocenters. The summed E-state index contributed by atoms with van der Waals surface area (Å²) in [6.45, 7) is 1.89. The highest BCUT2D eigenvalue weighted by molar-refractivity contribution is 5.89. The van der Waals surface area contributed by atoms with Crippen LogP contribution in [0.1, 0.15) is 11.1 Å². The minimum absolute atomic E-state index is 0.104. The number of carbonyl (C=O) groups is 1. The molecule has 2 aromatic rings. The Hall–Kier alpha value is -2.63. The number of amides is 2. The number of hydrogen-bond donors (Lipinski definition) is 2. The van der Waals surface area contributed by atoms with Gasteiger partial charge < -0.3 is 15.4 Å². The molecule has 22 heavy (non-hydrogen) atoms. The summed E-state index contributed by atoms with van der Waals surface area (Å²) in [5, 5.41) is 5.13. The first-order chi connectivity index (χ1) is 10.5. The van der Waals surface area contributed by atoms with Gasteiger partial charge in [-0.1, -0.05) is 12.1 Å². The zero-order valence-electron chi connectivity index (χ0n) is 12.2. The topological polar surface area (TPSA) is 50.4 Å². The number of methoxy groups -OCH3 is 1. The number of urea groups is 1. The number of benzene rings is 2. The van der Waals surface area contributed by atoms with Gasteiger partial charge in [0.15, 0.2) is 11.6 Å². The van der Waals surface area contributed by atoms with Crippen molar-refractivity contribution in [1.82, 2.24) is 5.32 Å². The van der Waals surface area contributed by atoms with Crippen molar-refractivity contribution in [3.63, 3.8) is 0 Å². The van der Waals surface area contributed by atoms with Gasteiger partial charge in [0.1, 0.15) is 5.82 Å². The maximum atomic E-state index is 13.5. The maximum Gasteiger partial charge on any atom is 0.319 e. The van der Waals surface area contributed by atoms with Crippen molar-refractivity contribution >= 4 is 11.7 Å². The van der Waals surface area contributed by atoms with Crippen LogP contribution in [0, 0.1) is 18.6 Å². The molecule has 0 heterocycles. The number of hydrogen-bond acceptors (Lipinski definition) is 2. The fraction of sp³-hybridized carbons (Fsp3) is 0.188. The molecule has 116 valence electrons. The van der Waals surface area contributed by atoms with Gasteiger partial charge in [0.05, 0.1) is 7.11 Å². The summed E-state index contributed by atoms with van der Waals surface area (Å²) in [4.78, 5) is 11.8. The standard InChI is InChI=1S/C16H16F2N2O2/c1-10-7-11(3-5-13(10)17)9-19-16(21)20-12-4-6-15(22-2)14(18)8-12/h3-8H,9H2,1-2H3,(H2,19,20,21). The zero-order valence-corrected chi connectivity index (χ0v) is 12.2. The molecule has 0 bridgehead atoms. The van der Waals surface area contributed by atoms with Crippen LogP contribution < -0.4 is 15.4 Å². The Bertz CT molecular complexity index is 690. The Morgan fingerprint density at radius 2 is 1.91 bits per heavy atom. The SMILES string of the molecule is COc1ccc(NC(=O)NCc2ccc(F)c(C)c2)cc1F. The minimum Gasteiger partial charge on any atom is -0.494 e. The first-order valence-corrected chi connectivity index (χ1v) is 6.63.